The van der Waals surface area contributed by atoms with Crippen molar-refractivity contribution >= 4 is 17.3 Å². The minimum absolute atomic E-state index is 0.275. The topological polar surface area (TPSA) is 62.2 Å². The fraction of sp³-hybridized carbons (Fsp3) is 0.308. The van der Waals surface area contributed by atoms with E-state index in [9.17, 15) is 9.18 Å². The predicted molar refractivity (Wildman–Crippen MR) is 121 cm³/mol. The van der Waals surface area contributed by atoms with Crippen LogP contribution in [0, 0.1) is 11.7 Å². The Morgan fingerprint density at radius 2 is 1.77 bits per heavy atom. The molecule has 0 unspecified atom stereocenters. The van der Waals surface area contributed by atoms with Crippen molar-refractivity contribution < 1.29 is 14.3 Å². The summed E-state index contributed by atoms with van der Waals surface area (Å²) in [6.45, 7) is 0. The van der Waals surface area contributed by atoms with Gasteiger partial charge in [-0.15, -0.1) is 0 Å². The molecule has 5 heteroatoms. The molecule has 31 heavy (non-hydrogen) atoms. The second-order valence-electron chi connectivity index (χ2n) is 8.34. The van der Waals surface area contributed by atoms with Crippen molar-refractivity contribution in [2.24, 2.45) is 5.92 Å². The maximum atomic E-state index is 13.3. The van der Waals surface area contributed by atoms with E-state index in [4.69, 9.17) is 5.11 Å². The van der Waals surface area contributed by atoms with Crippen molar-refractivity contribution in [2.75, 3.05) is 5.32 Å². The summed E-state index contributed by atoms with van der Waals surface area (Å²) in [6.07, 6.45) is 7.32. The molecule has 1 saturated carbocycles. The number of carboxylic acid groups (broad SMARTS) is 1. The first kappa shape index (κ1) is 21.0. The number of benzene rings is 2. The number of halogens is 1. The standard InChI is InChI=1S/C26H27FN2O2/c27-22-2-1-3-23(16-22)29-24-13-14-25(28-17-24)21-11-9-20(10-12-21)19-7-4-18(5-8-19)6-15-26(30)31/h1-3,9-14,16-19,29H,4-8,15H2,(H,30,31). The smallest absolute Gasteiger partial charge is 0.303 e. The first-order chi connectivity index (χ1) is 15.1. The average molecular weight is 419 g/mol. The number of anilines is 2. The molecule has 3 aromatic rings. The molecular formula is C26H27FN2O2. The number of carbonyl (C=O) groups is 1. The number of pyridine rings is 1. The third-order valence-electron chi connectivity index (χ3n) is 6.17. The van der Waals surface area contributed by atoms with Gasteiger partial charge in [0.25, 0.3) is 0 Å². The lowest BCUT2D eigenvalue weighted by Gasteiger charge is -2.28. The molecule has 160 valence electrons. The number of hydrogen-bond acceptors (Lipinski definition) is 3. The lowest BCUT2D eigenvalue weighted by molar-refractivity contribution is -0.137. The van der Waals surface area contributed by atoms with Crippen LogP contribution in [-0.4, -0.2) is 16.1 Å². The van der Waals surface area contributed by atoms with Gasteiger partial charge in [-0.3, -0.25) is 9.78 Å². The Labute approximate surface area is 182 Å². The highest BCUT2D eigenvalue weighted by molar-refractivity contribution is 5.66. The van der Waals surface area contributed by atoms with Gasteiger partial charge in [-0.1, -0.05) is 30.3 Å². The summed E-state index contributed by atoms with van der Waals surface area (Å²) in [5.41, 5.74) is 4.82. The molecule has 0 atom stereocenters. The van der Waals surface area contributed by atoms with Gasteiger partial charge < -0.3 is 10.4 Å². The van der Waals surface area contributed by atoms with Gasteiger partial charge in [-0.25, -0.2) is 4.39 Å². The molecule has 4 nitrogen and oxygen atoms in total. The summed E-state index contributed by atoms with van der Waals surface area (Å²) in [7, 11) is 0. The molecule has 4 rings (SSSR count). The van der Waals surface area contributed by atoms with Crippen molar-refractivity contribution in [3.05, 3.63) is 78.2 Å². The molecule has 1 heterocycles. The van der Waals surface area contributed by atoms with Crippen molar-refractivity contribution in [2.45, 2.75) is 44.4 Å². The van der Waals surface area contributed by atoms with E-state index in [0.29, 0.717) is 17.5 Å². The number of aromatic nitrogens is 1. The first-order valence-electron chi connectivity index (χ1n) is 10.9. The largest absolute Gasteiger partial charge is 0.481 e. The van der Waals surface area contributed by atoms with Crippen LogP contribution >= 0.6 is 0 Å². The zero-order valence-electron chi connectivity index (χ0n) is 17.4. The van der Waals surface area contributed by atoms with E-state index in [-0.39, 0.29) is 12.2 Å². The van der Waals surface area contributed by atoms with Crippen LogP contribution in [-0.2, 0) is 4.79 Å². The number of rotatable bonds is 7. The van der Waals surface area contributed by atoms with Crippen LogP contribution in [0.2, 0.25) is 0 Å². The fourth-order valence-electron chi connectivity index (χ4n) is 4.41. The van der Waals surface area contributed by atoms with E-state index >= 15 is 0 Å². The number of aliphatic carboxylic acids is 1. The summed E-state index contributed by atoms with van der Waals surface area (Å²) >= 11 is 0. The molecule has 0 saturated heterocycles. The van der Waals surface area contributed by atoms with Crippen LogP contribution in [0.25, 0.3) is 11.3 Å². The van der Waals surface area contributed by atoms with E-state index in [1.165, 1.54) is 17.7 Å². The number of hydrogen-bond donors (Lipinski definition) is 2. The maximum absolute atomic E-state index is 13.3. The van der Waals surface area contributed by atoms with Crippen LogP contribution in [0.1, 0.15) is 50.0 Å². The Bertz CT molecular complexity index is 1010. The Hall–Kier alpha value is -3.21. The second kappa shape index (κ2) is 9.73. The Morgan fingerprint density at radius 1 is 1.00 bits per heavy atom. The summed E-state index contributed by atoms with van der Waals surface area (Å²) in [6, 6.07) is 18.9. The summed E-state index contributed by atoms with van der Waals surface area (Å²) in [5.74, 6) is 0.142. The minimum Gasteiger partial charge on any atom is -0.481 e. The van der Waals surface area contributed by atoms with Gasteiger partial charge in [0.05, 0.1) is 17.6 Å². The molecule has 1 aromatic heterocycles. The zero-order valence-corrected chi connectivity index (χ0v) is 17.4. The zero-order chi connectivity index (χ0) is 21.6. The molecule has 2 aromatic carbocycles. The monoisotopic (exact) mass is 418 g/mol. The highest BCUT2D eigenvalue weighted by Crippen LogP contribution is 2.38. The Balaban J connectivity index is 1.34. The molecule has 0 spiro atoms. The van der Waals surface area contributed by atoms with Gasteiger partial charge in [-0.2, -0.15) is 0 Å². The van der Waals surface area contributed by atoms with Crippen LogP contribution in [0.3, 0.4) is 0 Å². The molecule has 1 aliphatic carbocycles. The fourth-order valence-corrected chi connectivity index (χ4v) is 4.41. The number of nitrogens with zero attached hydrogens (tertiary/aromatic N) is 1. The van der Waals surface area contributed by atoms with E-state index in [1.54, 1.807) is 12.3 Å². The average Bonchev–Trinajstić information content (AvgIpc) is 2.79. The van der Waals surface area contributed by atoms with Crippen molar-refractivity contribution in [1.82, 2.24) is 4.98 Å². The van der Waals surface area contributed by atoms with Gasteiger partial charge in [0.15, 0.2) is 0 Å². The van der Waals surface area contributed by atoms with E-state index in [1.807, 2.05) is 18.2 Å². The van der Waals surface area contributed by atoms with Crippen LogP contribution in [0.5, 0.6) is 0 Å². The van der Waals surface area contributed by atoms with Crippen molar-refractivity contribution in [3.63, 3.8) is 0 Å². The Morgan fingerprint density at radius 3 is 2.42 bits per heavy atom. The molecule has 0 bridgehead atoms. The van der Waals surface area contributed by atoms with Gasteiger partial charge >= 0.3 is 5.97 Å². The SMILES string of the molecule is O=C(O)CCC1CCC(c2ccc(-c3ccc(Nc4cccc(F)c4)cn3)cc2)CC1. The number of nitrogens with one attached hydrogen (secondary N) is 1. The van der Waals surface area contributed by atoms with Gasteiger partial charge in [0, 0.05) is 17.7 Å². The third kappa shape index (κ3) is 5.69. The van der Waals surface area contributed by atoms with E-state index in [0.717, 1.165) is 49.0 Å². The molecule has 1 fully saturated rings. The predicted octanol–water partition coefficient (Wildman–Crippen LogP) is 6.77. The quantitative estimate of drug-likeness (QED) is 0.444. The highest BCUT2D eigenvalue weighted by Gasteiger charge is 2.22. The summed E-state index contributed by atoms with van der Waals surface area (Å²) in [4.78, 5) is 15.3. The molecule has 2 N–H and O–H groups in total. The van der Waals surface area contributed by atoms with Gasteiger partial charge in [-0.05, 0) is 79.8 Å². The molecule has 1 aliphatic rings. The normalized spacial score (nSPS) is 18.5. The number of carboxylic acids is 1. The molecule has 0 radical (unpaired) electrons. The van der Waals surface area contributed by atoms with Crippen molar-refractivity contribution in [1.29, 1.82) is 0 Å². The second-order valence-corrected chi connectivity index (χ2v) is 8.34. The maximum Gasteiger partial charge on any atom is 0.303 e. The molecule has 0 amide bonds. The van der Waals surface area contributed by atoms with Gasteiger partial charge in [0.1, 0.15) is 5.82 Å². The summed E-state index contributed by atoms with van der Waals surface area (Å²) in [5, 5.41) is 12.0. The minimum atomic E-state index is -0.691. The highest BCUT2D eigenvalue weighted by atomic mass is 19.1. The summed E-state index contributed by atoms with van der Waals surface area (Å²) < 4.78 is 13.3. The van der Waals surface area contributed by atoms with Gasteiger partial charge in [0.2, 0.25) is 0 Å². The van der Waals surface area contributed by atoms with E-state index in [2.05, 4.69) is 34.6 Å². The van der Waals surface area contributed by atoms with Crippen LogP contribution < -0.4 is 5.32 Å². The lowest BCUT2D eigenvalue weighted by atomic mass is 9.77. The van der Waals surface area contributed by atoms with E-state index < -0.39 is 5.97 Å². The molecule has 0 aliphatic heterocycles. The van der Waals surface area contributed by atoms with Crippen LogP contribution in [0.15, 0.2) is 66.9 Å². The first-order valence-corrected chi connectivity index (χ1v) is 10.9. The molecular weight excluding hydrogens is 391 g/mol. The third-order valence-corrected chi connectivity index (χ3v) is 6.17. The lowest BCUT2D eigenvalue weighted by Crippen LogP contribution is -2.14. The van der Waals surface area contributed by atoms with Crippen LogP contribution in [0.4, 0.5) is 15.8 Å². The van der Waals surface area contributed by atoms with Crippen molar-refractivity contribution in [3.8, 4) is 11.3 Å². The Kier molecular flexibility index (Phi) is 6.60.